The van der Waals surface area contributed by atoms with E-state index in [0.29, 0.717) is 19.3 Å². The number of carbonyl (C=O) groups excluding carboxylic acids is 1. The third-order valence-electron chi connectivity index (χ3n) is 4.20. The first-order chi connectivity index (χ1) is 10.3. The third kappa shape index (κ3) is 2.95. The Morgan fingerprint density at radius 1 is 1.24 bits per heavy atom. The van der Waals surface area contributed by atoms with Crippen molar-refractivity contribution in [1.82, 2.24) is 4.90 Å². The molecule has 2 aliphatic heterocycles. The van der Waals surface area contributed by atoms with E-state index in [-0.39, 0.29) is 11.9 Å². The lowest BCUT2D eigenvalue weighted by atomic mass is 10.1. The number of fused-ring (bicyclic) bond motifs is 2. The van der Waals surface area contributed by atoms with Gasteiger partial charge in [0.1, 0.15) is 12.4 Å². The van der Waals surface area contributed by atoms with Crippen molar-refractivity contribution < 1.29 is 14.3 Å². The molecular formula is C17H21NO3. The summed E-state index contributed by atoms with van der Waals surface area (Å²) in [5.74, 6) is 0.903. The highest BCUT2D eigenvalue weighted by molar-refractivity contribution is 5.95. The number of rotatable bonds is 5. The Kier molecular flexibility index (Phi) is 4.25. The number of methoxy groups -OCH3 is 1. The van der Waals surface area contributed by atoms with Crippen LogP contribution in [0.1, 0.15) is 29.6 Å². The molecule has 1 saturated heterocycles. The van der Waals surface area contributed by atoms with Gasteiger partial charge in [-0.15, -0.1) is 0 Å². The first-order valence-corrected chi connectivity index (χ1v) is 7.50. The predicted octanol–water partition coefficient (Wildman–Crippen LogP) is 2.64. The predicted molar refractivity (Wildman–Crippen MR) is 80.5 cm³/mol. The van der Waals surface area contributed by atoms with Crippen LogP contribution in [-0.4, -0.2) is 43.2 Å². The fourth-order valence-corrected chi connectivity index (χ4v) is 3.13. The highest BCUT2D eigenvalue weighted by atomic mass is 16.5. The van der Waals surface area contributed by atoms with Crippen LogP contribution in [0.2, 0.25) is 0 Å². The molecule has 0 N–H and O–H groups in total. The monoisotopic (exact) mass is 287 g/mol. The highest BCUT2D eigenvalue weighted by Crippen LogP contribution is 2.32. The second-order valence-corrected chi connectivity index (χ2v) is 5.54. The maximum Gasteiger partial charge on any atom is 0.254 e. The van der Waals surface area contributed by atoms with Crippen LogP contribution in [-0.2, 0) is 4.74 Å². The Hall–Kier alpha value is -1.81. The normalized spacial score (nSPS) is 23.4. The van der Waals surface area contributed by atoms with Gasteiger partial charge in [0.25, 0.3) is 5.91 Å². The summed E-state index contributed by atoms with van der Waals surface area (Å²) >= 11 is 0. The maximum atomic E-state index is 12.7. The molecular weight excluding hydrogens is 266 g/mol. The number of nitrogens with zero attached hydrogens (tertiary/aromatic N) is 1. The van der Waals surface area contributed by atoms with E-state index in [0.717, 1.165) is 30.6 Å². The van der Waals surface area contributed by atoms with Gasteiger partial charge in [0.2, 0.25) is 0 Å². The van der Waals surface area contributed by atoms with Gasteiger partial charge in [-0.3, -0.25) is 4.79 Å². The Morgan fingerprint density at radius 3 is 2.76 bits per heavy atom. The second kappa shape index (κ2) is 6.31. The number of amides is 1. The van der Waals surface area contributed by atoms with Crippen molar-refractivity contribution in [1.29, 1.82) is 0 Å². The van der Waals surface area contributed by atoms with E-state index in [1.54, 1.807) is 7.11 Å². The molecule has 21 heavy (non-hydrogen) atoms. The zero-order valence-corrected chi connectivity index (χ0v) is 12.3. The zero-order chi connectivity index (χ0) is 14.7. The van der Waals surface area contributed by atoms with Crippen LogP contribution in [0.15, 0.2) is 36.4 Å². The minimum atomic E-state index is 0.135. The van der Waals surface area contributed by atoms with E-state index in [4.69, 9.17) is 9.47 Å². The van der Waals surface area contributed by atoms with E-state index < -0.39 is 0 Å². The molecule has 1 aromatic carbocycles. The fraction of sp³-hybridized carbons (Fsp3) is 0.471. The van der Waals surface area contributed by atoms with Crippen molar-refractivity contribution >= 4 is 5.91 Å². The molecule has 3 rings (SSSR count). The largest absolute Gasteiger partial charge is 0.491 e. The van der Waals surface area contributed by atoms with Crippen molar-refractivity contribution in [2.45, 2.75) is 31.3 Å². The van der Waals surface area contributed by atoms with E-state index in [1.165, 1.54) is 0 Å². The lowest BCUT2D eigenvalue weighted by Gasteiger charge is -2.31. The summed E-state index contributed by atoms with van der Waals surface area (Å²) in [6.45, 7) is 1.08. The molecule has 1 fully saturated rings. The van der Waals surface area contributed by atoms with Crippen molar-refractivity contribution in [2.75, 3.05) is 20.3 Å². The molecule has 2 aliphatic rings. The second-order valence-electron chi connectivity index (χ2n) is 5.54. The quantitative estimate of drug-likeness (QED) is 0.617. The molecule has 0 saturated carbocycles. The maximum absolute atomic E-state index is 12.7. The summed E-state index contributed by atoms with van der Waals surface area (Å²) in [5.41, 5.74) is 0.737. The van der Waals surface area contributed by atoms with Crippen molar-refractivity contribution in [3.05, 3.63) is 42.0 Å². The molecule has 1 aromatic rings. The van der Waals surface area contributed by atoms with Gasteiger partial charge in [-0.2, -0.15) is 0 Å². The SMILES string of the molecule is COCCOc1ccc(C(=O)N2C3C=CCC2CC3)cc1. The molecule has 4 heteroatoms. The standard InChI is InChI=1S/C17H21NO3/c1-20-11-12-21-16-9-5-13(6-10-16)17(19)18-14-3-2-4-15(18)8-7-14/h2-3,5-6,9-10,14-15H,4,7-8,11-12H2,1H3. The van der Waals surface area contributed by atoms with E-state index in [1.807, 2.05) is 29.2 Å². The first-order valence-electron chi connectivity index (χ1n) is 7.50. The summed E-state index contributed by atoms with van der Waals surface area (Å²) < 4.78 is 10.5. The first kappa shape index (κ1) is 14.1. The molecule has 4 nitrogen and oxygen atoms in total. The Balaban J connectivity index is 1.66. The van der Waals surface area contributed by atoms with Crippen LogP contribution in [0.5, 0.6) is 5.75 Å². The summed E-state index contributed by atoms with van der Waals surface area (Å²) in [6.07, 6.45) is 7.57. The van der Waals surface area contributed by atoms with Crippen LogP contribution in [0.4, 0.5) is 0 Å². The number of hydrogen-bond acceptors (Lipinski definition) is 3. The molecule has 1 amide bonds. The van der Waals surface area contributed by atoms with Crippen LogP contribution in [0, 0.1) is 0 Å². The van der Waals surface area contributed by atoms with Crippen LogP contribution in [0.3, 0.4) is 0 Å². The van der Waals surface area contributed by atoms with Crippen molar-refractivity contribution in [3.63, 3.8) is 0 Å². The van der Waals surface area contributed by atoms with Crippen LogP contribution < -0.4 is 4.74 Å². The number of hydrogen-bond donors (Lipinski definition) is 0. The lowest BCUT2D eigenvalue weighted by Crippen LogP contribution is -2.42. The van der Waals surface area contributed by atoms with Gasteiger partial charge in [0.05, 0.1) is 12.6 Å². The van der Waals surface area contributed by atoms with Crippen LogP contribution in [0.25, 0.3) is 0 Å². The topological polar surface area (TPSA) is 38.8 Å². The van der Waals surface area contributed by atoms with Gasteiger partial charge < -0.3 is 14.4 Å². The molecule has 2 unspecified atom stereocenters. The van der Waals surface area contributed by atoms with Gasteiger partial charge >= 0.3 is 0 Å². The van der Waals surface area contributed by atoms with Crippen molar-refractivity contribution in [3.8, 4) is 5.75 Å². The van der Waals surface area contributed by atoms with Gasteiger partial charge in [-0.05, 0) is 43.5 Å². The average Bonchev–Trinajstić information content (AvgIpc) is 2.76. The van der Waals surface area contributed by atoms with E-state index >= 15 is 0 Å². The van der Waals surface area contributed by atoms with Gasteiger partial charge in [0, 0.05) is 18.7 Å². The third-order valence-corrected chi connectivity index (χ3v) is 4.20. The summed E-state index contributed by atoms with van der Waals surface area (Å²) in [7, 11) is 1.65. The van der Waals surface area contributed by atoms with E-state index in [2.05, 4.69) is 12.2 Å². The molecule has 0 radical (unpaired) electrons. The van der Waals surface area contributed by atoms with Crippen molar-refractivity contribution in [2.24, 2.45) is 0 Å². The summed E-state index contributed by atoms with van der Waals surface area (Å²) in [5, 5.41) is 0. The molecule has 0 spiro atoms. The Bertz CT molecular complexity index is 523. The average molecular weight is 287 g/mol. The Morgan fingerprint density at radius 2 is 2.05 bits per heavy atom. The molecule has 0 aliphatic carbocycles. The Labute approximate surface area is 125 Å². The smallest absolute Gasteiger partial charge is 0.254 e. The number of carbonyl (C=O) groups is 1. The summed E-state index contributed by atoms with van der Waals surface area (Å²) in [6, 6.07) is 8.07. The number of benzene rings is 1. The molecule has 112 valence electrons. The minimum absolute atomic E-state index is 0.135. The summed E-state index contributed by atoms with van der Waals surface area (Å²) in [4.78, 5) is 14.7. The van der Waals surface area contributed by atoms with Gasteiger partial charge in [-0.25, -0.2) is 0 Å². The molecule has 2 bridgehead atoms. The fourth-order valence-electron chi connectivity index (χ4n) is 3.13. The highest BCUT2D eigenvalue weighted by Gasteiger charge is 2.37. The molecule has 0 aromatic heterocycles. The minimum Gasteiger partial charge on any atom is -0.491 e. The van der Waals surface area contributed by atoms with E-state index in [9.17, 15) is 4.79 Å². The number of ether oxygens (including phenoxy) is 2. The van der Waals surface area contributed by atoms with Crippen LogP contribution >= 0.6 is 0 Å². The van der Waals surface area contributed by atoms with Gasteiger partial charge in [-0.1, -0.05) is 12.2 Å². The van der Waals surface area contributed by atoms with Gasteiger partial charge in [0.15, 0.2) is 0 Å². The zero-order valence-electron chi connectivity index (χ0n) is 12.3. The molecule has 2 atom stereocenters. The molecule has 2 heterocycles. The lowest BCUT2D eigenvalue weighted by molar-refractivity contribution is 0.0689.